The number of hydrogen-bond acceptors (Lipinski definition) is 10. The lowest BCUT2D eigenvalue weighted by molar-refractivity contribution is -0.136. The van der Waals surface area contributed by atoms with Crippen molar-refractivity contribution in [1.82, 2.24) is 20.9 Å². The minimum Gasteiger partial charge on any atom is -0.483 e. The van der Waals surface area contributed by atoms with Gasteiger partial charge in [-0.05, 0) is 18.6 Å². The van der Waals surface area contributed by atoms with Gasteiger partial charge in [0.15, 0.2) is 6.61 Å². The van der Waals surface area contributed by atoms with Crippen LogP contribution in [-0.4, -0.2) is 111 Å². The third-order valence-corrected chi connectivity index (χ3v) is 5.62. The number of nitrogens with one attached hydrogen (secondary N) is 3. The van der Waals surface area contributed by atoms with E-state index >= 15 is 0 Å². The topological polar surface area (TPSA) is 199 Å². The highest BCUT2D eigenvalue weighted by Crippen LogP contribution is 2.33. The Hall–Kier alpha value is -4.08. The van der Waals surface area contributed by atoms with Crippen molar-refractivity contribution < 1.29 is 52.8 Å². The molecule has 0 aromatic heterocycles. The summed E-state index contributed by atoms with van der Waals surface area (Å²) in [6.07, 6.45) is -1.07. The average molecular weight is 551 g/mol. The molecule has 1 atom stereocenters. The zero-order chi connectivity index (χ0) is 28.2. The first-order chi connectivity index (χ1) is 18.8. The van der Waals surface area contributed by atoms with Crippen LogP contribution in [0, 0.1) is 0 Å². The quantitative estimate of drug-likeness (QED) is 0.144. The van der Waals surface area contributed by atoms with Crippen LogP contribution in [0.1, 0.15) is 33.6 Å². The lowest BCUT2D eigenvalue weighted by Gasteiger charge is -2.27. The van der Waals surface area contributed by atoms with Crippen LogP contribution >= 0.6 is 0 Å². The molecule has 0 saturated carbocycles. The molecule has 0 bridgehead atoms. The number of piperidine rings is 1. The van der Waals surface area contributed by atoms with Crippen LogP contribution in [0.2, 0.25) is 0 Å². The molecule has 39 heavy (non-hydrogen) atoms. The highest BCUT2D eigenvalue weighted by molar-refractivity contribution is 6.24. The third-order valence-electron chi connectivity index (χ3n) is 5.62. The maximum absolute atomic E-state index is 13.0. The Morgan fingerprint density at radius 3 is 2.21 bits per heavy atom. The summed E-state index contributed by atoms with van der Waals surface area (Å²) in [5, 5.41) is 15.3. The summed E-state index contributed by atoms with van der Waals surface area (Å²) in [7, 11) is 0. The Bertz CT molecular complexity index is 1090. The van der Waals surface area contributed by atoms with Crippen molar-refractivity contribution in [3.63, 3.8) is 0 Å². The van der Waals surface area contributed by atoms with Crippen LogP contribution in [-0.2, 0) is 28.6 Å². The van der Waals surface area contributed by atoms with Gasteiger partial charge >= 0.3 is 6.09 Å². The molecule has 4 N–H and O–H groups in total. The van der Waals surface area contributed by atoms with Gasteiger partial charge in [-0.1, -0.05) is 6.07 Å². The summed E-state index contributed by atoms with van der Waals surface area (Å²) in [5.41, 5.74) is 0.0191. The number of carbonyl (C=O) groups is 6. The molecule has 3 rings (SSSR count). The summed E-state index contributed by atoms with van der Waals surface area (Å²) < 4.78 is 21.3. The van der Waals surface area contributed by atoms with Gasteiger partial charge in [0, 0.05) is 19.5 Å². The van der Waals surface area contributed by atoms with Crippen molar-refractivity contribution in [3.05, 3.63) is 29.3 Å². The summed E-state index contributed by atoms with van der Waals surface area (Å²) in [4.78, 5) is 72.7. The van der Waals surface area contributed by atoms with Gasteiger partial charge in [-0.25, -0.2) is 4.79 Å². The lowest BCUT2D eigenvalue weighted by Crippen LogP contribution is -2.54. The van der Waals surface area contributed by atoms with E-state index < -0.39 is 48.3 Å². The van der Waals surface area contributed by atoms with Gasteiger partial charge in [-0.3, -0.25) is 34.2 Å². The van der Waals surface area contributed by atoms with E-state index in [1.807, 2.05) is 0 Å². The highest BCUT2D eigenvalue weighted by atomic mass is 16.5. The summed E-state index contributed by atoms with van der Waals surface area (Å²) in [5.74, 6) is -3.01. The van der Waals surface area contributed by atoms with E-state index in [4.69, 9.17) is 24.1 Å². The molecule has 15 heteroatoms. The Kier molecular flexibility index (Phi) is 11.1. The molecule has 0 aliphatic carbocycles. The average Bonchev–Trinajstić information content (AvgIpc) is 3.15. The van der Waals surface area contributed by atoms with Gasteiger partial charge in [-0.2, -0.15) is 0 Å². The molecule has 2 heterocycles. The number of amides is 6. The Morgan fingerprint density at radius 1 is 0.923 bits per heavy atom. The van der Waals surface area contributed by atoms with Gasteiger partial charge in [-0.15, -0.1) is 0 Å². The molecule has 0 radical (unpaired) electrons. The molecule has 6 amide bonds. The number of hydrogen-bond donors (Lipinski definition) is 4. The first kappa shape index (κ1) is 29.5. The number of imide groups is 2. The van der Waals surface area contributed by atoms with Crippen molar-refractivity contribution in [2.45, 2.75) is 18.9 Å². The number of nitrogens with zero attached hydrogens (tertiary/aromatic N) is 1. The maximum atomic E-state index is 13.0. The normalized spacial score (nSPS) is 16.6. The second-order valence-electron chi connectivity index (χ2n) is 8.33. The van der Waals surface area contributed by atoms with Crippen molar-refractivity contribution in [2.24, 2.45) is 0 Å². The molecule has 2 aliphatic heterocycles. The van der Waals surface area contributed by atoms with Gasteiger partial charge in [0.2, 0.25) is 11.8 Å². The lowest BCUT2D eigenvalue weighted by atomic mass is 10.0. The molecule has 1 saturated heterocycles. The standard InChI is InChI=1S/C24H30N4O11/c29-18-5-4-16(21(31)27-18)28-22(32)15-2-1-3-17(20(15)23(28)33)39-14-19(30)25-6-8-36-10-12-38-13-11-37-9-7-26-24(34)35/h1-3,16,26H,4-14H2,(H,25,30)(H,34,35)(H,27,29,31). The van der Waals surface area contributed by atoms with Gasteiger partial charge < -0.3 is 34.7 Å². The first-order valence-corrected chi connectivity index (χ1v) is 12.2. The molecule has 1 unspecified atom stereocenters. The van der Waals surface area contributed by atoms with Crippen LogP contribution in [0.5, 0.6) is 5.75 Å². The number of ether oxygens (including phenoxy) is 4. The third kappa shape index (κ3) is 8.46. The maximum Gasteiger partial charge on any atom is 0.404 e. The van der Waals surface area contributed by atoms with Crippen molar-refractivity contribution in [1.29, 1.82) is 0 Å². The van der Waals surface area contributed by atoms with Crippen LogP contribution < -0.4 is 20.7 Å². The monoisotopic (exact) mass is 550 g/mol. The van der Waals surface area contributed by atoms with Crippen LogP contribution in [0.15, 0.2) is 18.2 Å². The molecule has 212 valence electrons. The highest BCUT2D eigenvalue weighted by Gasteiger charge is 2.46. The van der Waals surface area contributed by atoms with Crippen molar-refractivity contribution >= 4 is 35.6 Å². The van der Waals surface area contributed by atoms with Crippen LogP contribution in [0.25, 0.3) is 0 Å². The van der Waals surface area contributed by atoms with Crippen molar-refractivity contribution in [2.75, 3.05) is 59.3 Å². The second-order valence-corrected chi connectivity index (χ2v) is 8.33. The predicted octanol–water partition coefficient (Wildman–Crippen LogP) is -1.10. The fraction of sp³-hybridized carbons (Fsp3) is 0.500. The van der Waals surface area contributed by atoms with Gasteiger partial charge in [0.05, 0.1) is 50.8 Å². The van der Waals surface area contributed by atoms with Gasteiger partial charge in [0.1, 0.15) is 11.8 Å². The number of fused-ring (bicyclic) bond motifs is 1. The Labute approximate surface area is 223 Å². The van der Waals surface area contributed by atoms with E-state index in [0.717, 1.165) is 4.90 Å². The molecule has 1 aromatic rings. The minimum absolute atomic E-state index is 0.00864. The Morgan fingerprint density at radius 2 is 1.56 bits per heavy atom. The zero-order valence-corrected chi connectivity index (χ0v) is 21.1. The van der Waals surface area contributed by atoms with Crippen LogP contribution in [0.3, 0.4) is 0 Å². The second kappa shape index (κ2) is 14.8. The summed E-state index contributed by atoms with van der Waals surface area (Å²) >= 11 is 0. The smallest absolute Gasteiger partial charge is 0.404 e. The van der Waals surface area contributed by atoms with Crippen LogP contribution in [0.4, 0.5) is 4.79 Å². The van der Waals surface area contributed by atoms with Crippen molar-refractivity contribution in [3.8, 4) is 5.75 Å². The summed E-state index contributed by atoms with van der Waals surface area (Å²) in [6.45, 7) is 1.71. The molecule has 0 spiro atoms. The molecule has 2 aliphatic rings. The first-order valence-electron chi connectivity index (χ1n) is 12.2. The minimum atomic E-state index is -1.11. The van der Waals surface area contributed by atoms with E-state index in [1.54, 1.807) is 0 Å². The largest absolute Gasteiger partial charge is 0.483 e. The zero-order valence-electron chi connectivity index (χ0n) is 21.1. The molecule has 1 fully saturated rings. The fourth-order valence-corrected chi connectivity index (χ4v) is 3.83. The molecule has 1 aromatic carbocycles. The molecule has 15 nitrogen and oxygen atoms in total. The number of benzene rings is 1. The number of carboxylic acid groups (broad SMARTS) is 1. The molecular weight excluding hydrogens is 520 g/mol. The van der Waals surface area contributed by atoms with Gasteiger partial charge in [0.25, 0.3) is 17.7 Å². The van der Waals surface area contributed by atoms with E-state index in [0.29, 0.717) is 26.4 Å². The fourth-order valence-electron chi connectivity index (χ4n) is 3.83. The van der Waals surface area contributed by atoms with E-state index in [1.165, 1.54) is 18.2 Å². The van der Waals surface area contributed by atoms with E-state index in [-0.39, 0.29) is 56.0 Å². The van der Waals surface area contributed by atoms with E-state index in [9.17, 15) is 28.8 Å². The summed E-state index contributed by atoms with van der Waals surface area (Å²) in [6, 6.07) is 3.29. The number of rotatable bonds is 16. The number of carbonyl (C=O) groups excluding carboxylic acids is 5. The molecular formula is C24H30N4O11. The predicted molar refractivity (Wildman–Crippen MR) is 130 cm³/mol. The Balaban J connectivity index is 1.32. The van der Waals surface area contributed by atoms with E-state index in [2.05, 4.69) is 16.0 Å². The SMILES string of the molecule is O=C(O)NCCOCCOCCOCCNC(=O)COc1cccc2c1C(=O)N(C1CCC(=O)NC1=O)C2=O.